The molecule has 1 aliphatic heterocycles. The molecule has 0 saturated carbocycles. The molecular formula is C11H14ClNO6S. The van der Waals surface area contributed by atoms with E-state index in [1.165, 1.54) is 6.07 Å². The molecular weight excluding hydrogens is 310 g/mol. The number of aliphatic carboxylic acids is 1. The van der Waals surface area contributed by atoms with Crippen molar-refractivity contribution in [2.24, 2.45) is 5.41 Å². The van der Waals surface area contributed by atoms with Gasteiger partial charge in [-0.1, -0.05) is 0 Å². The van der Waals surface area contributed by atoms with Crippen molar-refractivity contribution in [3.63, 3.8) is 0 Å². The smallest absolute Gasteiger partial charge is 0.313 e. The van der Waals surface area contributed by atoms with E-state index in [-0.39, 0.29) is 23.3 Å². The Labute approximate surface area is 120 Å². The molecule has 1 saturated heterocycles. The predicted molar refractivity (Wildman–Crippen MR) is 69.0 cm³/mol. The van der Waals surface area contributed by atoms with Crippen LogP contribution in [0.15, 0.2) is 21.6 Å². The highest BCUT2D eigenvalue weighted by Crippen LogP contribution is 2.29. The Morgan fingerprint density at radius 1 is 1.55 bits per heavy atom. The normalized spacial score (nSPS) is 23.6. The molecule has 20 heavy (non-hydrogen) atoms. The molecule has 0 bridgehead atoms. The number of halogens is 1. The molecule has 2 heterocycles. The summed E-state index contributed by atoms with van der Waals surface area (Å²) < 4.78 is 36.2. The maximum absolute atomic E-state index is 12.0. The van der Waals surface area contributed by atoms with Gasteiger partial charge in [-0.05, 0) is 30.5 Å². The summed E-state index contributed by atoms with van der Waals surface area (Å²) in [5, 5.41) is 9.05. The molecule has 2 rings (SSSR count). The van der Waals surface area contributed by atoms with Gasteiger partial charge in [-0.3, -0.25) is 4.79 Å². The standard InChI is InChI=1S/C11H14ClNO6S/c12-9-8(2-5-19-9)20(16,17)13-6-11(10(14)15)3-1-4-18-7-11/h2,5,13H,1,3-4,6-7H2,(H,14,15). The van der Waals surface area contributed by atoms with Crippen molar-refractivity contribution < 1.29 is 27.5 Å². The molecule has 9 heteroatoms. The molecule has 1 unspecified atom stereocenters. The van der Waals surface area contributed by atoms with Crippen LogP contribution in [0.1, 0.15) is 12.8 Å². The summed E-state index contributed by atoms with van der Waals surface area (Å²) in [6.45, 7) is 0.200. The Balaban J connectivity index is 2.14. The lowest BCUT2D eigenvalue weighted by atomic mass is 9.83. The number of rotatable bonds is 5. The number of hydrogen-bond acceptors (Lipinski definition) is 5. The van der Waals surface area contributed by atoms with E-state index in [1.54, 1.807) is 0 Å². The minimum Gasteiger partial charge on any atom is -0.481 e. The zero-order valence-corrected chi connectivity index (χ0v) is 12.0. The molecule has 1 aromatic heterocycles. The Hall–Kier alpha value is -1.09. The van der Waals surface area contributed by atoms with Gasteiger partial charge >= 0.3 is 5.97 Å². The van der Waals surface area contributed by atoms with E-state index in [2.05, 4.69) is 4.72 Å². The first kappa shape index (κ1) is 15.3. The van der Waals surface area contributed by atoms with Crippen LogP contribution in [0.3, 0.4) is 0 Å². The molecule has 0 spiro atoms. The van der Waals surface area contributed by atoms with Gasteiger partial charge in [0.2, 0.25) is 15.2 Å². The topological polar surface area (TPSA) is 106 Å². The van der Waals surface area contributed by atoms with Crippen LogP contribution in [0.4, 0.5) is 0 Å². The Kier molecular flexibility index (Phi) is 4.38. The molecule has 0 radical (unpaired) electrons. The van der Waals surface area contributed by atoms with Gasteiger partial charge in [0.05, 0.1) is 12.9 Å². The molecule has 0 amide bonds. The van der Waals surface area contributed by atoms with E-state index in [0.29, 0.717) is 19.4 Å². The first-order valence-corrected chi connectivity index (χ1v) is 7.77. The van der Waals surface area contributed by atoms with E-state index in [4.69, 9.17) is 20.8 Å². The summed E-state index contributed by atoms with van der Waals surface area (Å²) in [7, 11) is -3.91. The number of nitrogens with one attached hydrogen (secondary N) is 1. The van der Waals surface area contributed by atoms with Crippen LogP contribution in [0.2, 0.25) is 5.22 Å². The van der Waals surface area contributed by atoms with Crippen molar-refractivity contribution in [1.29, 1.82) is 0 Å². The van der Waals surface area contributed by atoms with E-state index < -0.39 is 21.4 Å². The minimum atomic E-state index is -3.91. The van der Waals surface area contributed by atoms with Crippen LogP contribution in [0, 0.1) is 5.41 Å². The zero-order chi connectivity index (χ0) is 14.8. The van der Waals surface area contributed by atoms with Crippen LogP contribution in [-0.2, 0) is 19.6 Å². The quantitative estimate of drug-likeness (QED) is 0.840. The molecule has 2 N–H and O–H groups in total. The van der Waals surface area contributed by atoms with Gasteiger partial charge in [0.25, 0.3) is 0 Å². The van der Waals surface area contributed by atoms with Gasteiger partial charge in [0.15, 0.2) is 0 Å². The third kappa shape index (κ3) is 2.98. The number of furan rings is 1. The summed E-state index contributed by atoms with van der Waals surface area (Å²) in [5.74, 6) is -1.09. The Morgan fingerprint density at radius 2 is 2.30 bits per heavy atom. The lowest BCUT2D eigenvalue weighted by molar-refractivity contribution is -0.156. The second-order valence-electron chi connectivity index (χ2n) is 4.62. The maximum atomic E-state index is 12.0. The first-order chi connectivity index (χ1) is 9.37. The molecule has 1 fully saturated rings. The fourth-order valence-corrected chi connectivity index (χ4v) is 3.56. The van der Waals surface area contributed by atoms with E-state index >= 15 is 0 Å². The van der Waals surface area contributed by atoms with Crippen molar-refractivity contribution in [3.05, 3.63) is 17.5 Å². The van der Waals surface area contributed by atoms with Crippen molar-refractivity contribution in [1.82, 2.24) is 4.72 Å². The summed E-state index contributed by atoms with van der Waals surface area (Å²) in [6, 6.07) is 1.20. The van der Waals surface area contributed by atoms with Crippen molar-refractivity contribution in [3.8, 4) is 0 Å². The average Bonchev–Trinajstić information content (AvgIpc) is 2.85. The maximum Gasteiger partial charge on any atom is 0.313 e. The zero-order valence-electron chi connectivity index (χ0n) is 10.5. The molecule has 1 aliphatic rings. The average molecular weight is 324 g/mol. The van der Waals surface area contributed by atoms with Gasteiger partial charge in [0, 0.05) is 13.2 Å². The minimum absolute atomic E-state index is 0.0238. The van der Waals surface area contributed by atoms with Crippen LogP contribution in [-0.4, -0.2) is 39.3 Å². The highest BCUT2D eigenvalue weighted by molar-refractivity contribution is 7.89. The van der Waals surface area contributed by atoms with Gasteiger partial charge in [-0.25, -0.2) is 13.1 Å². The van der Waals surface area contributed by atoms with Crippen molar-refractivity contribution in [2.75, 3.05) is 19.8 Å². The van der Waals surface area contributed by atoms with E-state index in [0.717, 1.165) is 6.26 Å². The summed E-state index contributed by atoms with van der Waals surface area (Å²) >= 11 is 5.62. The third-order valence-corrected chi connectivity index (χ3v) is 5.08. The van der Waals surface area contributed by atoms with Crippen molar-refractivity contribution in [2.45, 2.75) is 17.7 Å². The third-order valence-electron chi connectivity index (χ3n) is 3.25. The molecule has 1 atom stereocenters. The van der Waals surface area contributed by atoms with Crippen LogP contribution < -0.4 is 4.72 Å². The SMILES string of the molecule is O=C(O)C1(CNS(=O)(=O)c2ccoc2Cl)CCCOC1. The number of ether oxygens (including phenoxy) is 1. The second kappa shape index (κ2) is 5.72. The largest absolute Gasteiger partial charge is 0.481 e. The molecule has 7 nitrogen and oxygen atoms in total. The Bertz CT molecular complexity index is 590. The van der Waals surface area contributed by atoms with E-state index in [9.17, 15) is 18.3 Å². The first-order valence-electron chi connectivity index (χ1n) is 5.91. The lowest BCUT2D eigenvalue weighted by Crippen LogP contribution is -2.48. The van der Waals surface area contributed by atoms with Gasteiger partial charge < -0.3 is 14.3 Å². The van der Waals surface area contributed by atoms with Crippen LogP contribution in [0.5, 0.6) is 0 Å². The monoisotopic (exact) mass is 323 g/mol. The fourth-order valence-electron chi connectivity index (χ4n) is 2.02. The Morgan fingerprint density at radius 3 is 2.80 bits per heavy atom. The number of carbonyl (C=O) groups is 1. The van der Waals surface area contributed by atoms with Crippen LogP contribution in [0.25, 0.3) is 0 Å². The van der Waals surface area contributed by atoms with E-state index in [1.807, 2.05) is 0 Å². The fraction of sp³-hybridized carbons (Fsp3) is 0.545. The number of carboxylic acids is 1. The highest BCUT2D eigenvalue weighted by atomic mass is 35.5. The van der Waals surface area contributed by atoms with Crippen molar-refractivity contribution >= 4 is 27.6 Å². The number of carboxylic acid groups (broad SMARTS) is 1. The second-order valence-corrected chi connectivity index (χ2v) is 6.70. The molecule has 1 aromatic rings. The van der Waals surface area contributed by atoms with Gasteiger partial charge in [-0.2, -0.15) is 0 Å². The number of hydrogen-bond donors (Lipinski definition) is 2. The summed E-state index contributed by atoms with van der Waals surface area (Å²) in [5.41, 5.74) is -1.25. The van der Waals surface area contributed by atoms with Gasteiger partial charge in [0.1, 0.15) is 10.3 Å². The molecule has 0 aliphatic carbocycles. The van der Waals surface area contributed by atoms with Gasteiger partial charge in [-0.15, -0.1) is 0 Å². The van der Waals surface area contributed by atoms with Crippen LogP contribution >= 0.6 is 11.6 Å². The predicted octanol–water partition coefficient (Wildman–Crippen LogP) is 1.09. The molecule has 0 aromatic carbocycles. The highest BCUT2D eigenvalue weighted by Gasteiger charge is 2.41. The number of sulfonamides is 1. The lowest BCUT2D eigenvalue weighted by Gasteiger charge is -2.32. The summed E-state index contributed by atoms with van der Waals surface area (Å²) in [4.78, 5) is 11.2. The summed E-state index contributed by atoms with van der Waals surface area (Å²) in [6.07, 6.45) is 2.07. The molecule has 112 valence electrons.